The molecule has 2 atom stereocenters. The average molecular weight is 311 g/mol. The molecule has 0 saturated heterocycles. The van der Waals surface area contributed by atoms with Crippen molar-refractivity contribution in [3.8, 4) is 11.5 Å². The number of aliphatic hydroxyl groups is 2. The predicted octanol–water partition coefficient (Wildman–Crippen LogP) is 0.437. The number of carbonyl (C=O) groups excluding carboxylic acids is 2. The monoisotopic (exact) mass is 311 g/mol. The van der Waals surface area contributed by atoms with Gasteiger partial charge in [-0.15, -0.1) is 0 Å². The van der Waals surface area contributed by atoms with Crippen molar-refractivity contribution in [1.82, 2.24) is 5.32 Å². The molecule has 7 nitrogen and oxygen atoms in total. The maximum atomic E-state index is 11.0. The van der Waals surface area contributed by atoms with Gasteiger partial charge in [-0.2, -0.15) is 0 Å². The molecule has 0 aromatic heterocycles. The van der Waals surface area contributed by atoms with Crippen molar-refractivity contribution in [3.05, 3.63) is 23.3 Å². The van der Waals surface area contributed by atoms with E-state index in [0.29, 0.717) is 11.8 Å². The Balaban J connectivity index is 2.97. The largest absolute Gasteiger partial charge is 0.496 e. The average Bonchev–Trinajstić information content (AvgIpc) is 2.52. The van der Waals surface area contributed by atoms with Crippen LogP contribution in [0.25, 0.3) is 0 Å². The molecular formula is C15H21NO6. The van der Waals surface area contributed by atoms with Gasteiger partial charge in [0.25, 0.3) is 0 Å². The SMILES string of the molecule is COc1cc(C(O)C(O)CCNC(C)=O)c(OC)cc1C=O. The summed E-state index contributed by atoms with van der Waals surface area (Å²) in [7, 11) is 2.80. The van der Waals surface area contributed by atoms with Gasteiger partial charge in [0.15, 0.2) is 6.29 Å². The highest BCUT2D eigenvalue weighted by molar-refractivity contribution is 5.80. The van der Waals surface area contributed by atoms with Crippen LogP contribution in [0.1, 0.15) is 35.4 Å². The zero-order valence-electron chi connectivity index (χ0n) is 12.8. The second-order valence-electron chi connectivity index (χ2n) is 4.74. The van der Waals surface area contributed by atoms with Gasteiger partial charge in [-0.3, -0.25) is 9.59 Å². The van der Waals surface area contributed by atoms with Crippen LogP contribution in [-0.4, -0.2) is 49.3 Å². The number of nitrogens with one attached hydrogen (secondary N) is 1. The van der Waals surface area contributed by atoms with Crippen LogP contribution in [0.3, 0.4) is 0 Å². The predicted molar refractivity (Wildman–Crippen MR) is 79.2 cm³/mol. The lowest BCUT2D eigenvalue weighted by Gasteiger charge is -2.21. The number of methoxy groups -OCH3 is 2. The Morgan fingerprint density at radius 3 is 2.41 bits per heavy atom. The van der Waals surface area contributed by atoms with Gasteiger partial charge >= 0.3 is 0 Å². The Bertz CT molecular complexity index is 531. The first-order valence-electron chi connectivity index (χ1n) is 6.76. The molecule has 122 valence electrons. The van der Waals surface area contributed by atoms with Gasteiger partial charge in [-0.1, -0.05) is 0 Å². The van der Waals surface area contributed by atoms with Gasteiger partial charge in [0.2, 0.25) is 5.91 Å². The molecule has 0 aliphatic rings. The van der Waals surface area contributed by atoms with E-state index >= 15 is 0 Å². The summed E-state index contributed by atoms with van der Waals surface area (Å²) < 4.78 is 10.2. The zero-order valence-corrected chi connectivity index (χ0v) is 12.8. The molecule has 0 aliphatic carbocycles. The molecule has 22 heavy (non-hydrogen) atoms. The Morgan fingerprint density at radius 1 is 1.27 bits per heavy atom. The molecule has 0 aliphatic heterocycles. The van der Waals surface area contributed by atoms with E-state index in [4.69, 9.17) is 9.47 Å². The minimum atomic E-state index is -1.24. The van der Waals surface area contributed by atoms with Crippen LogP contribution in [0, 0.1) is 0 Å². The lowest BCUT2D eigenvalue weighted by atomic mass is 9.99. The van der Waals surface area contributed by atoms with Gasteiger partial charge in [-0.05, 0) is 18.6 Å². The van der Waals surface area contributed by atoms with Crippen LogP contribution >= 0.6 is 0 Å². The van der Waals surface area contributed by atoms with Crippen LogP contribution in [0.2, 0.25) is 0 Å². The summed E-state index contributed by atoms with van der Waals surface area (Å²) in [5, 5.41) is 22.8. The quantitative estimate of drug-likeness (QED) is 0.602. The number of aliphatic hydroxyl groups excluding tert-OH is 2. The van der Waals surface area contributed by atoms with Crippen molar-refractivity contribution in [1.29, 1.82) is 0 Å². The van der Waals surface area contributed by atoms with E-state index in [2.05, 4.69) is 5.32 Å². The van der Waals surface area contributed by atoms with E-state index in [1.165, 1.54) is 33.3 Å². The van der Waals surface area contributed by atoms with E-state index in [9.17, 15) is 19.8 Å². The Kier molecular flexibility index (Phi) is 6.81. The molecule has 3 N–H and O–H groups in total. The van der Waals surface area contributed by atoms with Crippen molar-refractivity contribution in [3.63, 3.8) is 0 Å². The third-order valence-electron chi connectivity index (χ3n) is 3.21. The topological polar surface area (TPSA) is 105 Å². The fourth-order valence-electron chi connectivity index (χ4n) is 2.03. The van der Waals surface area contributed by atoms with E-state index in [1.807, 2.05) is 0 Å². The van der Waals surface area contributed by atoms with Gasteiger partial charge in [-0.25, -0.2) is 0 Å². The Hall–Kier alpha value is -2.12. The highest BCUT2D eigenvalue weighted by Gasteiger charge is 2.23. The Morgan fingerprint density at radius 2 is 1.91 bits per heavy atom. The maximum absolute atomic E-state index is 11.0. The fraction of sp³-hybridized carbons (Fsp3) is 0.467. The van der Waals surface area contributed by atoms with Crippen LogP contribution in [0.5, 0.6) is 11.5 Å². The minimum Gasteiger partial charge on any atom is -0.496 e. The van der Waals surface area contributed by atoms with Crippen LogP contribution in [-0.2, 0) is 4.79 Å². The van der Waals surface area contributed by atoms with Gasteiger partial charge in [0.1, 0.15) is 17.6 Å². The van der Waals surface area contributed by atoms with Crippen LogP contribution < -0.4 is 14.8 Å². The van der Waals surface area contributed by atoms with E-state index in [-0.39, 0.29) is 35.9 Å². The standard InChI is InChI=1S/C15H21NO6/c1-9(18)16-5-4-12(19)15(20)11-7-13(21-2)10(8-17)6-14(11)22-3/h6-8,12,15,19-20H,4-5H2,1-3H3,(H,16,18). The molecule has 0 radical (unpaired) electrons. The minimum absolute atomic E-state index is 0.168. The molecule has 7 heteroatoms. The summed E-state index contributed by atoms with van der Waals surface area (Å²) in [6.07, 6.45) is -1.56. The van der Waals surface area contributed by atoms with E-state index < -0.39 is 12.2 Å². The summed E-state index contributed by atoms with van der Waals surface area (Å²) in [6.45, 7) is 1.61. The second kappa shape index (κ2) is 8.35. The van der Waals surface area contributed by atoms with Crippen LogP contribution in [0.4, 0.5) is 0 Å². The molecule has 0 fully saturated rings. The van der Waals surface area contributed by atoms with E-state index in [0.717, 1.165) is 0 Å². The van der Waals surface area contributed by atoms with E-state index in [1.54, 1.807) is 0 Å². The third-order valence-corrected chi connectivity index (χ3v) is 3.21. The normalized spacial score (nSPS) is 13.1. The van der Waals surface area contributed by atoms with Crippen molar-refractivity contribution >= 4 is 12.2 Å². The third kappa shape index (κ3) is 4.44. The van der Waals surface area contributed by atoms with Crippen molar-refractivity contribution in [2.75, 3.05) is 20.8 Å². The zero-order chi connectivity index (χ0) is 16.7. The highest BCUT2D eigenvalue weighted by atomic mass is 16.5. The number of hydrogen-bond acceptors (Lipinski definition) is 6. The van der Waals surface area contributed by atoms with Crippen molar-refractivity contribution < 1.29 is 29.3 Å². The molecule has 0 saturated carbocycles. The molecule has 1 rings (SSSR count). The second-order valence-corrected chi connectivity index (χ2v) is 4.74. The molecule has 0 bridgehead atoms. The molecular weight excluding hydrogens is 290 g/mol. The molecule has 1 aromatic carbocycles. The number of amides is 1. The summed E-state index contributed by atoms with van der Waals surface area (Å²) in [5.41, 5.74) is 0.586. The summed E-state index contributed by atoms with van der Waals surface area (Å²) in [4.78, 5) is 21.8. The number of benzene rings is 1. The first-order valence-corrected chi connectivity index (χ1v) is 6.76. The number of ether oxygens (including phenoxy) is 2. The number of carbonyl (C=O) groups is 2. The first kappa shape index (κ1) is 17.9. The van der Waals surface area contributed by atoms with Gasteiger partial charge < -0.3 is 25.0 Å². The Labute approximate surface area is 128 Å². The smallest absolute Gasteiger partial charge is 0.216 e. The molecule has 2 unspecified atom stereocenters. The van der Waals surface area contributed by atoms with Crippen molar-refractivity contribution in [2.24, 2.45) is 0 Å². The fourth-order valence-corrected chi connectivity index (χ4v) is 2.03. The number of aldehydes is 1. The highest BCUT2D eigenvalue weighted by Crippen LogP contribution is 2.34. The molecule has 1 amide bonds. The number of rotatable bonds is 8. The van der Waals surface area contributed by atoms with Gasteiger partial charge in [0, 0.05) is 19.0 Å². The number of hydrogen-bond donors (Lipinski definition) is 3. The molecule has 0 spiro atoms. The van der Waals surface area contributed by atoms with Gasteiger partial charge in [0.05, 0.1) is 25.9 Å². The van der Waals surface area contributed by atoms with Crippen LogP contribution in [0.15, 0.2) is 12.1 Å². The lowest BCUT2D eigenvalue weighted by molar-refractivity contribution is -0.119. The maximum Gasteiger partial charge on any atom is 0.216 e. The first-order chi connectivity index (χ1) is 10.4. The molecule has 0 heterocycles. The summed E-state index contributed by atoms with van der Waals surface area (Å²) >= 11 is 0. The molecule has 1 aromatic rings. The van der Waals surface area contributed by atoms with Crippen molar-refractivity contribution in [2.45, 2.75) is 25.6 Å². The lowest BCUT2D eigenvalue weighted by Crippen LogP contribution is -2.27. The summed E-state index contributed by atoms with van der Waals surface area (Å²) in [6, 6.07) is 2.89. The summed E-state index contributed by atoms with van der Waals surface area (Å²) in [5.74, 6) is 0.337.